The van der Waals surface area contributed by atoms with E-state index >= 15 is 0 Å². The van der Waals surface area contributed by atoms with E-state index in [0.717, 1.165) is 24.9 Å². The van der Waals surface area contributed by atoms with E-state index in [2.05, 4.69) is 18.1 Å². The Hall–Kier alpha value is -2.80. The molecule has 0 aliphatic heterocycles. The standard InChI is InChI=1S/C21H31N3O4/c1-6-20(25)27-17-15-24(5)19-10-8-18(9-11-19)21(26)28-16-14-23(4)13-12-22(3)7-2/h6-11H,1-2,12-17H2,3-5H3. The number of likely N-dealkylation sites (N-methyl/N-ethyl adjacent to an activating group) is 3. The van der Waals surface area contributed by atoms with Crippen molar-refractivity contribution in [2.24, 2.45) is 0 Å². The second-order valence-corrected chi connectivity index (χ2v) is 6.44. The third-order valence-corrected chi connectivity index (χ3v) is 4.23. The number of nitrogens with zero attached hydrogens (tertiary/aromatic N) is 3. The molecule has 1 rings (SSSR count). The molecule has 0 radical (unpaired) electrons. The van der Waals surface area contributed by atoms with E-state index in [4.69, 9.17) is 9.47 Å². The Labute approximate surface area is 167 Å². The van der Waals surface area contributed by atoms with Crippen LogP contribution < -0.4 is 4.90 Å². The van der Waals surface area contributed by atoms with Crippen LogP contribution in [0.4, 0.5) is 5.69 Å². The first-order valence-electron chi connectivity index (χ1n) is 9.16. The predicted octanol–water partition coefficient (Wildman–Crippen LogP) is 2.02. The number of carbonyl (C=O) groups excluding carboxylic acids is 2. The van der Waals surface area contributed by atoms with Gasteiger partial charge in [-0.3, -0.25) is 0 Å². The molecule has 0 amide bonds. The van der Waals surface area contributed by atoms with Gasteiger partial charge in [0.25, 0.3) is 0 Å². The Morgan fingerprint density at radius 1 is 0.929 bits per heavy atom. The molecule has 1 aromatic rings. The van der Waals surface area contributed by atoms with Crippen molar-refractivity contribution in [1.82, 2.24) is 9.80 Å². The van der Waals surface area contributed by atoms with E-state index < -0.39 is 5.97 Å². The molecule has 1 aromatic carbocycles. The normalized spacial score (nSPS) is 10.3. The van der Waals surface area contributed by atoms with Gasteiger partial charge in [-0.1, -0.05) is 13.2 Å². The highest BCUT2D eigenvalue weighted by Gasteiger charge is 2.09. The number of rotatable bonds is 13. The molecule has 0 saturated heterocycles. The van der Waals surface area contributed by atoms with E-state index in [1.807, 2.05) is 43.1 Å². The molecule has 154 valence electrons. The lowest BCUT2D eigenvalue weighted by Gasteiger charge is -2.20. The van der Waals surface area contributed by atoms with E-state index in [9.17, 15) is 9.59 Å². The Balaban J connectivity index is 2.37. The summed E-state index contributed by atoms with van der Waals surface area (Å²) in [6.07, 6.45) is 2.92. The zero-order valence-corrected chi connectivity index (χ0v) is 17.1. The molecule has 7 nitrogen and oxygen atoms in total. The van der Waals surface area contributed by atoms with E-state index in [-0.39, 0.29) is 12.6 Å². The molecule has 0 bridgehead atoms. The summed E-state index contributed by atoms with van der Waals surface area (Å²) in [5, 5.41) is 0. The van der Waals surface area contributed by atoms with Crippen LogP contribution in [0.5, 0.6) is 0 Å². The van der Waals surface area contributed by atoms with E-state index in [1.165, 1.54) is 0 Å². The van der Waals surface area contributed by atoms with Crippen LogP contribution in [-0.4, -0.2) is 82.3 Å². The van der Waals surface area contributed by atoms with Crippen LogP contribution in [0.15, 0.2) is 49.7 Å². The van der Waals surface area contributed by atoms with Crippen molar-refractivity contribution in [3.63, 3.8) is 0 Å². The number of hydrogen-bond acceptors (Lipinski definition) is 7. The molecule has 0 atom stereocenters. The Morgan fingerprint density at radius 3 is 2.18 bits per heavy atom. The van der Waals surface area contributed by atoms with Gasteiger partial charge in [0.1, 0.15) is 13.2 Å². The Bertz CT molecular complexity index is 646. The molecule has 0 aliphatic carbocycles. The minimum Gasteiger partial charge on any atom is -0.461 e. The molecule has 0 unspecified atom stereocenters. The van der Waals surface area contributed by atoms with Crippen molar-refractivity contribution < 1.29 is 19.1 Å². The largest absolute Gasteiger partial charge is 0.461 e. The zero-order valence-electron chi connectivity index (χ0n) is 17.1. The van der Waals surface area contributed by atoms with Gasteiger partial charge in [0.05, 0.1) is 12.1 Å². The van der Waals surface area contributed by atoms with Gasteiger partial charge in [-0.2, -0.15) is 0 Å². The smallest absolute Gasteiger partial charge is 0.338 e. The SMILES string of the molecule is C=CC(=O)OCCN(C)c1ccc(C(=O)OCCN(C)CCN(C)C=C)cc1. The van der Waals surface area contributed by atoms with Gasteiger partial charge in [0.2, 0.25) is 0 Å². The van der Waals surface area contributed by atoms with Crippen molar-refractivity contribution >= 4 is 17.6 Å². The topological polar surface area (TPSA) is 62.3 Å². The second kappa shape index (κ2) is 12.6. The molecule has 0 spiro atoms. The molecule has 0 N–H and O–H groups in total. The average Bonchev–Trinajstić information content (AvgIpc) is 2.71. The number of benzene rings is 1. The fourth-order valence-electron chi connectivity index (χ4n) is 2.23. The predicted molar refractivity (Wildman–Crippen MR) is 111 cm³/mol. The molecular formula is C21H31N3O4. The lowest BCUT2D eigenvalue weighted by Crippen LogP contribution is -2.31. The summed E-state index contributed by atoms with van der Waals surface area (Å²) in [6.45, 7) is 10.6. The van der Waals surface area contributed by atoms with Crippen molar-refractivity contribution in [1.29, 1.82) is 0 Å². The number of esters is 2. The van der Waals surface area contributed by atoms with Gasteiger partial charge in [-0.25, -0.2) is 9.59 Å². The summed E-state index contributed by atoms with van der Waals surface area (Å²) in [6, 6.07) is 7.13. The minimum atomic E-state index is -0.440. The Kier molecular flexibility index (Phi) is 10.4. The van der Waals surface area contributed by atoms with Gasteiger partial charge in [0, 0.05) is 45.5 Å². The summed E-state index contributed by atoms with van der Waals surface area (Å²) in [4.78, 5) is 29.2. The quantitative estimate of drug-likeness (QED) is 0.378. The zero-order chi connectivity index (χ0) is 20.9. The number of hydrogen-bond donors (Lipinski definition) is 0. The molecule has 0 heterocycles. The first-order chi connectivity index (χ1) is 13.4. The fraction of sp³-hybridized carbons (Fsp3) is 0.429. The first kappa shape index (κ1) is 23.2. The molecule has 0 fully saturated rings. The molecule has 0 aliphatic rings. The van der Waals surface area contributed by atoms with Crippen molar-refractivity contribution in [2.45, 2.75) is 0 Å². The number of carbonyl (C=O) groups is 2. The van der Waals surface area contributed by atoms with Crippen LogP contribution >= 0.6 is 0 Å². The highest BCUT2D eigenvalue weighted by Crippen LogP contribution is 2.14. The maximum absolute atomic E-state index is 12.2. The summed E-state index contributed by atoms with van der Waals surface area (Å²) < 4.78 is 10.3. The van der Waals surface area contributed by atoms with Gasteiger partial charge in [0.15, 0.2) is 0 Å². The molecule has 0 saturated carbocycles. The van der Waals surface area contributed by atoms with Crippen molar-refractivity contribution in [3.05, 3.63) is 55.3 Å². The maximum atomic E-state index is 12.2. The lowest BCUT2D eigenvalue weighted by molar-refractivity contribution is -0.137. The third kappa shape index (κ3) is 8.73. The van der Waals surface area contributed by atoms with E-state index in [0.29, 0.717) is 25.3 Å². The fourth-order valence-corrected chi connectivity index (χ4v) is 2.23. The number of anilines is 1. The Morgan fingerprint density at radius 2 is 1.57 bits per heavy atom. The summed E-state index contributed by atoms with van der Waals surface area (Å²) >= 11 is 0. The van der Waals surface area contributed by atoms with Crippen molar-refractivity contribution in [3.8, 4) is 0 Å². The van der Waals surface area contributed by atoms with Crippen LogP contribution in [0.3, 0.4) is 0 Å². The third-order valence-electron chi connectivity index (χ3n) is 4.23. The molecule has 28 heavy (non-hydrogen) atoms. The summed E-state index contributed by atoms with van der Waals surface area (Å²) in [7, 11) is 5.84. The second-order valence-electron chi connectivity index (χ2n) is 6.44. The van der Waals surface area contributed by atoms with Crippen LogP contribution in [0.1, 0.15) is 10.4 Å². The number of ether oxygens (including phenoxy) is 2. The molecule has 0 aromatic heterocycles. The van der Waals surface area contributed by atoms with Gasteiger partial charge in [-0.15, -0.1) is 0 Å². The first-order valence-corrected chi connectivity index (χ1v) is 9.16. The lowest BCUT2D eigenvalue weighted by atomic mass is 10.2. The van der Waals surface area contributed by atoms with Gasteiger partial charge >= 0.3 is 11.9 Å². The van der Waals surface area contributed by atoms with Crippen LogP contribution in [0.2, 0.25) is 0 Å². The van der Waals surface area contributed by atoms with Gasteiger partial charge < -0.3 is 24.2 Å². The molecule has 7 heteroatoms. The maximum Gasteiger partial charge on any atom is 0.338 e. The summed E-state index contributed by atoms with van der Waals surface area (Å²) in [5.41, 5.74) is 1.42. The highest BCUT2D eigenvalue weighted by molar-refractivity contribution is 5.89. The minimum absolute atomic E-state index is 0.265. The van der Waals surface area contributed by atoms with Crippen LogP contribution in [-0.2, 0) is 14.3 Å². The van der Waals surface area contributed by atoms with Gasteiger partial charge in [-0.05, 0) is 37.5 Å². The van der Waals surface area contributed by atoms with Crippen molar-refractivity contribution in [2.75, 3.05) is 65.4 Å². The molecular weight excluding hydrogens is 358 g/mol. The monoisotopic (exact) mass is 389 g/mol. The average molecular weight is 389 g/mol. The van der Waals surface area contributed by atoms with Crippen LogP contribution in [0, 0.1) is 0 Å². The van der Waals surface area contributed by atoms with Crippen LogP contribution in [0.25, 0.3) is 0 Å². The highest BCUT2D eigenvalue weighted by atomic mass is 16.5. The van der Waals surface area contributed by atoms with E-state index in [1.54, 1.807) is 18.3 Å². The summed E-state index contributed by atoms with van der Waals surface area (Å²) in [5.74, 6) is -0.782.